The molecular formula is C30H39N3O5S. The molecule has 0 aromatic heterocycles. The number of allylic oxidation sites excluding steroid dienone is 1. The predicted molar refractivity (Wildman–Crippen MR) is 154 cm³/mol. The molecule has 0 unspecified atom stereocenters. The molecule has 0 bridgehead atoms. The number of ether oxygens (including phenoxy) is 1. The third kappa shape index (κ3) is 8.34. The molecule has 0 radical (unpaired) electrons. The number of aliphatic hydroxyl groups excluding tert-OH is 1. The summed E-state index contributed by atoms with van der Waals surface area (Å²) in [7, 11) is 0. The van der Waals surface area contributed by atoms with Crippen LogP contribution in [-0.4, -0.2) is 63.3 Å². The summed E-state index contributed by atoms with van der Waals surface area (Å²) >= 11 is 1.47. The second-order valence-corrected chi connectivity index (χ2v) is 11.7. The third-order valence-corrected chi connectivity index (χ3v) is 8.11. The summed E-state index contributed by atoms with van der Waals surface area (Å²) in [6, 6.07) is 15.3. The van der Waals surface area contributed by atoms with E-state index in [2.05, 4.69) is 10.6 Å². The number of carbonyl (C=O) groups is 3. The van der Waals surface area contributed by atoms with Gasteiger partial charge in [0.2, 0.25) is 5.91 Å². The number of thioether (sulfide) groups is 1. The van der Waals surface area contributed by atoms with Crippen LogP contribution >= 0.6 is 11.8 Å². The lowest BCUT2D eigenvalue weighted by molar-refractivity contribution is -0.147. The zero-order chi connectivity index (χ0) is 28.4. The molecule has 3 atom stereocenters. The van der Waals surface area contributed by atoms with Gasteiger partial charge in [0.15, 0.2) is 6.10 Å². The predicted octanol–water partition coefficient (Wildman–Crippen LogP) is 3.96. The van der Waals surface area contributed by atoms with E-state index in [1.807, 2.05) is 88.4 Å². The number of hydrogen-bond donors (Lipinski definition) is 3. The van der Waals surface area contributed by atoms with Gasteiger partial charge < -0.3 is 25.4 Å². The topological polar surface area (TPSA) is 108 Å². The highest BCUT2D eigenvalue weighted by atomic mass is 32.2. The standard InChI is InChI=1S/C30H39N3O5S/c1-5-6-12-17-38-29(37)32-24(18-22-14-8-7-9-15-22)25(34)28(36)33-20-39-30(3,4)26(33)27(35)31-19-23-16-11-10-13-21(23)2/h6-16,24-26,34H,5,17-20H2,1-4H3,(H,31,35)(H,32,37)/b12-6+/t24-,25-,26+/m0/s1. The van der Waals surface area contributed by atoms with Crippen LogP contribution in [0.2, 0.25) is 0 Å². The lowest BCUT2D eigenvalue weighted by Gasteiger charge is -2.33. The largest absolute Gasteiger partial charge is 0.445 e. The van der Waals surface area contributed by atoms with Crippen molar-refractivity contribution in [3.8, 4) is 0 Å². The number of rotatable bonds is 11. The van der Waals surface area contributed by atoms with Crippen molar-refractivity contribution in [3.05, 3.63) is 83.4 Å². The van der Waals surface area contributed by atoms with Crippen LogP contribution in [0.5, 0.6) is 0 Å². The van der Waals surface area contributed by atoms with Crippen LogP contribution in [0.25, 0.3) is 0 Å². The number of amides is 3. The van der Waals surface area contributed by atoms with E-state index < -0.39 is 34.9 Å². The quantitative estimate of drug-likeness (QED) is 0.364. The van der Waals surface area contributed by atoms with Gasteiger partial charge in [0.25, 0.3) is 5.91 Å². The molecule has 2 aromatic carbocycles. The van der Waals surface area contributed by atoms with E-state index in [0.717, 1.165) is 23.1 Å². The molecule has 1 heterocycles. The van der Waals surface area contributed by atoms with Crippen molar-refractivity contribution in [2.75, 3.05) is 12.5 Å². The first kappa shape index (κ1) is 30.2. The van der Waals surface area contributed by atoms with Gasteiger partial charge in [-0.3, -0.25) is 9.59 Å². The number of aryl methyl sites for hydroxylation is 1. The fraction of sp³-hybridized carbons (Fsp3) is 0.433. The minimum absolute atomic E-state index is 0.0852. The number of alkyl carbamates (subject to hydrolysis) is 1. The van der Waals surface area contributed by atoms with E-state index in [1.54, 1.807) is 6.08 Å². The fourth-order valence-corrected chi connectivity index (χ4v) is 5.64. The van der Waals surface area contributed by atoms with Gasteiger partial charge >= 0.3 is 6.09 Å². The normalized spacial score (nSPS) is 18.0. The molecule has 210 valence electrons. The SMILES string of the molecule is CC/C=C/COC(=O)N[C@@H](Cc1ccccc1)[C@H](O)C(=O)N1CSC(C)(C)[C@H]1C(=O)NCc1ccccc1C. The van der Waals surface area contributed by atoms with Gasteiger partial charge in [-0.15, -0.1) is 11.8 Å². The Labute approximate surface area is 235 Å². The second-order valence-electron chi connectivity index (χ2n) is 10.1. The Morgan fingerprint density at radius 3 is 2.51 bits per heavy atom. The van der Waals surface area contributed by atoms with Crippen LogP contribution in [0.15, 0.2) is 66.7 Å². The van der Waals surface area contributed by atoms with Crippen molar-refractivity contribution >= 4 is 29.7 Å². The lowest BCUT2D eigenvalue weighted by atomic mass is 9.97. The van der Waals surface area contributed by atoms with E-state index in [0.29, 0.717) is 6.54 Å². The first-order valence-corrected chi connectivity index (χ1v) is 14.2. The molecule has 0 spiro atoms. The molecule has 39 heavy (non-hydrogen) atoms. The number of nitrogens with one attached hydrogen (secondary N) is 2. The highest BCUT2D eigenvalue weighted by Gasteiger charge is 2.49. The molecule has 9 heteroatoms. The van der Waals surface area contributed by atoms with Gasteiger partial charge in [-0.05, 0) is 50.3 Å². The molecule has 0 saturated carbocycles. The third-order valence-electron chi connectivity index (χ3n) is 6.74. The van der Waals surface area contributed by atoms with Crippen molar-refractivity contribution in [2.45, 2.75) is 70.0 Å². The molecule has 3 N–H and O–H groups in total. The molecule has 1 aliphatic rings. The molecule has 3 amide bonds. The molecular weight excluding hydrogens is 514 g/mol. The zero-order valence-corrected chi connectivity index (χ0v) is 23.9. The Hall–Kier alpha value is -3.30. The van der Waals surface area contributed by atoms with Crippen LogP contribution < -0.4 is 10.6 Å². The summed E-state index contributed by atoms with van der Waals surface area (Å²) in [6.45, 7) is 8.20. The maximum atomic E-state index is 13.7. The smallest absolute Gasteiger partial charge is 0.407 e. The first-order chi connectivity index (χ1) is 18.6. The fourth-order valence-electron chi connectivity index (χ4n) is 4.50. The van der Waals surface area contributed by atoms with E-state index in [4.69, 9.17) is 4.74 Å². The van der Waals surface area contributed by atoms with Gasteiger partial charge in [0.1, 0.15) is 12.6 Å². The average molecular weight is 554 g/mol. The van der Waals surface area contributed by atoms with Crippen LogP contribution in [-0.2, 0) is 27.3 Å². The Balaban J connectivity index is 1.75. The van der Waals surface area contributed by atoms with Crippen molar-refractivity contribution in [1.29, 1.82) is 0 Å². The van der Waals surface area contributed by atoms with Crippen molar-refractivity contribution < 1.29 is 24.2 Å². The van der Waals surface area contributed by atoms with E-state index in [9.17, 15) is 19.5 Å². The molecule has 1 aliphatic heterocycles. The highest BCUT2D eigenvalue weighted by molar-refractivity contribution is 8.00. The minimum Gasteiger partial charge on any atom is -0.445 e. The summed E-state index contributed by atoms with van der Waals surface area (Å²) in [6.07, 6.45) is 2.33. The first-order valence-electron chi connectivity index (χ1n) is 13.2. The number of carbonyl (C=O) groups excluding carboxylic acids is 3. The molecule has 1 saturated heterocycles. The second kappa shape index (κ2) is 14.2. The monoisotopic (exact) mass is 553 g/mol. The highest BCUT2D eigenvalue weighted by Crippen LogP contribution is 2.40. The number of nitrogens with zero attached hydrogens (tertiary/aromatic N) is 1. The van der Waals surface area contributed by atoms with Gasteiger partial charge in [0.05, 0.1) is 11.9 Å². The molecule has 1 fully saturated rings. The summed E-state index contributed by atoms with van der Waals surface area (Å²) in [4.78, 5) is 41.0. The Morgan fingerprint density at radius 2 is 1.82 bits per heavy atom. The van der Waals surface area contributed by atoms with E-state index in [1.165, 1.54) is 16.7 Å². The van der Waals surface area contributed by atoms with Gasteiger partial charge in [-0.2, -0.15) is 0 Å². The molecule has 2 aromatic rings. The average Bonchev–Trinajstić information content (AvgIpc) is 3.24. The molecule has 8 nitrogen and oxygen atoms in total. The van der Waals surface area contributed by atoms with Crippen molar-refractivity contribution in [1.82, 2.24) is 15.5 Å². The molecule has 0 aliphatic carbocycles. The zero-order valence-electron chi connectivity index (χ0n) is 23.1. The Kier molecular flexibility index (Phi) is 11.0. The van der Waals surface area contributed by atoms with Gasteiger partial charge in [0, 0.05) is 11.3 Å². The minimum atomic E-state index is -1.58. The van der Waals surface area contributed by atoms with Gasteiger partial charge in [-0.25, -0.2) is 4.79 Å². The number of hydrogen-bond acceptors (Lipinski definition) is 6. The number of aliphatic hydroxyl groups is 1. The Bertz CT molecular complexity index is 1150. The van der Waals surface area contributed by atoms with Crippen LogP contribution in [0.1, 0.15) is 43.9 Å². The van der Waals surface area contributed by atoms with E-state index in [-0.39, 0.29) is 24.8 Å². The van der Waals surface area contributed by atoms with Crippen LogP contribution in [0.4, 0.5) is 4.79 Å². The maximum Gasteiger partial charge on any atom is 0.407 e. The molecule has 3 rings (SSSR count). The van der Waals surface area contributed by atoms with Gasteiger partial charge in [-0.1, -0.05) is 73.7 Å². The maximum absolute atomic E-state index is 13.7. The van der Waals surface area contributed by atoms with E-state index >= 15 is 0 Å². The summed E-state index contributed by atoms with van der Waals surface area (Å²) in [5, 5.41) is 16.9. The number of benzene rings is 2. The summed E-state index contributed by atoms with van der Waals surface area (Å²) < 4.78 is 4.63. The summed E-state index contributed by atoms with van der Waals surface area (Å²) in [5.74, 6) is -0.657. The lowest BCUT2D eigenvalue weighted by Crippen LogP contribution is -2.58. The van der Waals surface area contributed by atoms with Crippen LogP contribution in [0.3, 0.4) is 0 Å². The van der Waals surface area contributed by atoms with Crippen molar-refractivity contribution in [2.24, 2.45) is 0 Å². The Morgan fingerprint density at radius 1 is 1.13 bits per heavy atom. The van der Waals surface area contributed by atoms with Crippen molar-refractivity contribution in [3.63, 3.8) is 0 Å². The summed E-state index contributed by atoms with van der Waals surface area (Å²) in [5.41, 5.74) is 2.89. The van der Waals surface area contributed by atoms with Crippen LogP contribution in [0, 0.1) is 6.92 Å².